The Morgan fingerprint density at radius 1 is 1.08 bits per heavy atom. The predicted octanol–water partition coefficient (Wildman–Crippen LogP) is 2.15. The van der Waals surface area contributed by atoms with Crippen molar-refractivity contribution in [2.45, 2.75) is 52.0 Å². The summed E-state index contributed by atoms with van der Waals surface area (Å²) in [4.78, 5) is 9.83. The molecule has 0 spiro atoms. The number of halogens is 1. The van der Waals surface area contributed by atoms with Crippen LogP contribution in [-0.4, -0.2) is 87.4 Å². The normalized spacial score (nSPS) is 22.7. The zero-order valence-electron chi connectivity index (χ0n) is 16.8. The molecule has 26 heavy (non-hydrogen) atoms. The summed E-state index contributed by atoms with van der Waals surface area (Å²) in [5.74, 6) is 0.969. The van der Waals surface area contributed by atoms with E-state index in [9.17, 15) is 0 Å². The lowest BCUT2D eigenvalue weighted by Gasteiger charge is -2.33. The van der Waals surface area contributed by atoms with Crippen molar-refractivity contribution >= 4 is 29.9 Å². The van der Waals surface area contributed by atoms with Gasteiger partial charge in [-0.25, -0.2) is 0 Å². The van der Waals surface area contributed by atoms with Crippen molar-refractivity contribution < 1.29 is 4.74 Å². The highest BCUT2D eigenvalue weighted by molar-refractivity contribution is 14.0. The average Bonchev–Trinajstić information content (AvgIpc) is 2.64. The number of nitrogens with zero attached hydrogens (tertiary/aromatic N) is 3. The van der Waals surface area contributed by atoms with Crippen LogP contribution in [-0.2, 0) is 4.74 Å². The van der Waals surface area contributed by atoms with Crippen molar-refractivity contribution in [1.29, 1.82) is 0 Å². The van der Waals surface area contributed by atoms with Crippen LogP contribution in [0.4, 0.5) is 0 Å². The summed E-state index contributed by atoms with van der Waals surface area (Å²) >= 11 is 0. The summed E-state index contributed by atoms with van der Waals surface area (Å²) in [6.45, 7) is 14.8. The van der Waals surface area contributed by atoms with Gasteiger partial charge in [0.2, 0.25) is 0 Å². The molecule has 2 heterocycles. The molecule has 6 nitrogen and oxygen atoms in total. The Balaban J connectivity index is 0.00000338. The van der Waals surface area contributed by atoms with E-state index in [2.05, 4.69) is 34.3 Å². The first-order chi connectivity index (χ1) is 12.3. The summed E-state index contributed by atoms with van der Waals surface area (Å²) in [6.07, 6.45) is 6.42. The molecule has 0 aromatic rings. The van der Waals surface area contributed by atoms with Gasteiger partial charge >= 0.3 is 0 Å². The lowest BCUT2D eigenvalue weighted by molar-refractivity contribution is 0.0377. The number of nitrogens with one attached hydrogen (secondary N) is 2. The van der Waals surface area contributed by atoms with Crippen molar-refractivity contribution in [2.75, 3.05) is 65.6 Å². The molecule has 0 aromatic carbocycles. The standard InChI is InChI=1S/C19H39N5O.HI/c1-3-20-19(21-9-6-11-23-14-16-25-17-15-23)22-10-7-13-24-12-5-4-8-18(24)2;/h18H,3-17H2,1-2H3,(H2,20,21,22);1H. The van der Waals surface area contributed by atoms with Gasteiger partial charge < -0.3 is 20.3 Å². The highest BCUT2D eigenvalue weighted by atomic mass is 127. The van der Waals surface area contributed by atoms with Gasteiger partial charge in [-0.2, -0.15) is 0 Å². The molecule has 0 bridgehead atoms. The molecule has 7 heteroatoms. The molecular formula is C19H40IN5O. The smallest absolute Gasteiger partial charge is 0.191 e. The summed E-state index contributed by atoms with van der Waals surface area (Å²) in [5, 5.41) is 6.85. The lowest BCUT2D eigenvalue weighted by atomic mass is 10.0. The molecule has 0 aromatic heterocycles. The monoisotopic (exact) mass is 481 g/mol. The summed E-state index contributed by atoms with van der Waals surface area (Å²) in [7, 11) is 0. The van der Waals surface area contributed by atoms with Gasteiger partial charge in [-0.3, -0.25) is 9.89 Å². The van der Waals surface area contributed by atoms with Crippen LogP contribution in [0.2, 0.25) is 0 Å². The highest BCUT2D eigenvalue weighted by Crippen LogP contribution is 2.15. The zero-order valence-corrected chi connectivity index (χ0v) is 19.2. The minimum absolute atomic E-state index is 0. The lowest BCUT2D eigenvalue weighted by Crippen LogP contribution is -2.41. The third-order valence-corrected chi connectivity index (χ3v) is 5.21. The van der Waals surface area contributed by atoms with Crippen LogP contribution in [0.3, 0.4) is 0 Å². The second kappa shape index (κ2) is 14.9. The van der Waals surface area contributed by atoms with Gasteiger partial charge in [-0.15, -0.1) is 24.0 Å². The van der Waals surface area contributed by atoms with Crippen LogP contribution < -0.4 is 10.6 Å². The minimum Gasteiger partial charge on any atom is -0.379 e. The molecule has 1 unspecified atom stereocenters. The van der Waals surface area contributed by atoms with Gasteiger partial charge in [0.15, 0.2) is 5.96 Å². The minimum atomic E-state index is 0. The van der Waals surface area contributed by atoms with Crippen LogP contribution in [0.25, 0.3) is 0 Å². The number of hydrogen-bond acceptors (Lipinski definition) is 4. The quantitative estimate of drug-likeness (QED) is 0.229. The maximum atomic E-state index is 5.39. The van der Waals surface area contributed by atoms with Gasteiger partial charge in [0.1, 0.15) is 0 Å². The Hall–Kier alpha value is -0.120. The van der Waals surface area contributed by atoms with Gasteiger partial charge in [-0.1, -0.05) is 6.42 Å². The largest absolute Gasteiger partial charge is 0.379 e. The SMILES string of the molecule is CCNC(=NCCCN1CCOCC1)NCCCN1CCCCC1C.I. The van der Waals surface area contributed by atoms with E-state index in [1.54, 1.807) is 0 Å². The first-order valence-electron chi connectivity index (χ1n) is 10.4. The molecule has 0 radical (unpaired) electrons. The third kappa shape index (κ3) is 9.71. The van der Waals surface area contributed by atoms with Crippen molar-refractivity contribution in [3.05, 3.63) is 0 Å². The third-order valence-electron chi connectivity index (χ3n) is 5.21. The van der Waals surface area contributed by atoms with Crippen LogP contribution in [0.1, 0.15) is 46.0 Å². The van der Waals surface area contributed by atoms with Crippen LogP contribution in [0.5, 0.6) is 0 Å². The fourth-order valence-electron chi connectivity index (χ4n) is 3.63. The second-order valence-electron chi connectivity index (χ2n) is 7.23. The molecule has 0 saturated carbocycles. The molecule has 2 aliphatic rings. The second-order valence-corrected chi connectivity index (χ2v) is 7.23. The van der Waals surface area contributed by atoms with E-state index in [1.807, 2.05) is 0 Å². The van der Waals surface area contributed by atoms with E-state index < -0.39 is 0 Å². The van der Waals surface area contributed by atoms with E-state index in [0.29, 0.717) is 0 Å². The number of hydrogen-bond donors (Lipinski definition) is 2. The number of aliphatic imine (C=N–C) groups is 1. The molecule has 0 amide bonds. The predicted molar refractivity (Wildman–Crippen MR) is 121 cm³/mol. The highest BCUT2D eigenvalue weighted by Gasteiger charge is 2.17. The Morgan fingerprint density at radius 3 is 2.62 bits per heavy atom. The zero-order chi connectivity index (χ0) is 17.7. The van der Waals surface area contributed by atoms with Crippen molar-refractivity contribution in [2.24, 2.45) is 4.99 Å². The maximum Gasteiger partial charge on any atom is 0.191 e. The molecule has 2 aliphatic heterocycles. The van der Waals surface area contributed by atoms with E-state index >= 15 is 0 Å². The summed E-state index contributed by atoms with van der Waals surface area (Å²) in [5.41, 5.74) is 0. The van der Waals surface area contributed by atoms with Crippen LogP contribution >= 0.6 is 24.0 Å². The summed E-state index contributed by atoms with van der Waals surface area (Å²) < 4.78 is 5.39. The number of rotatable bonds is 9. The topological polar surface area (TPSA) is 52.1 Å². The van der Waals surface area contributed by atoms with E-state index in [-0.39, 0.29) is 24.0 Å². The van der Waals surface area contributed by atoms with Gasteiger partial charge in [0.25, 0.3) is 0 Å². The average molecular weight is 481 g/mol. The fourth-order valence-corrected chi connectivity index (χ4v) is 3.63. The van der Waals surface area contributed by atoms with Crippen molar-refractivity contribution in [1.82, 2.24) is 20.4 Å². The number of likely N-dealkylation sites (tertiary alicyclic amines) is 1. The fraction of sp³-hybridized carbons (Fsp3) is 0.947. The first kappa shape index (κ1) is 23.9. The first-order valence-corrected chi connectivity index (χ1v) is 10.4. The number of guanidine groups is 1. The molecule has 2 fully saturated rings. The van der Waals surface area contributed by atoms with E-state index in [4.69, 9.17) is 9.73 Å². The Morgan fingerprint density at radius 2 is 1.88 bits per heavy atom. The van der Waals surface area contributed by atoms with E-state index in [1.165, 1.54) is 38.8 Å². The van der Waals surface area contributed by atoms with Crippen LogP contribution in [0.15, 0.2) is 4.99 Å². The van der Waals surface area contributed by atoms with Crippen LogP contribution in [0, 0.1) is 0 Å². The van der Waals surface area contributed by atoms with Gasteiger partial charge in [0.05, 0.1) is 13.2 Å². The van der Waals surface area contributed by atoms with Crippen molar-refractivity contribution in [3.8, 4) is 0 Å². The molecule has 154 valence electrons. The Kier molecular flexibility index (Phi) is 13.7. The Labute approximate surface area is 177 Å². The molecular weight excluding hydrogens is 441 g/mol. The number of piperidine rings is 1. The molecule has 0 aliphatic carbocycles. The van der Waals surface area contributed by atoms with Crippen molar-refractivity contribution in [3.63, 3.8) is 0 Å². The van der Waals surface area contributed by atoms with Gasteiger partial charge in [-0.05, 0) is 46.1 Å². The van der Waals surface area contributed by atoms with Gasteiger partial charge in [0, 0.05) is 51.9 Å². The number of morpholine rings is 1. The molecule has 1 atom stereocenters. The summed E-state index contributed by atoms with van der Waals surface area (Å²) in [6, 6.07) is 0.760. The van der Waals surface area contributed by atoms with E-state index in [0.717, 1.165) is 70.9 Å². The maximum absolute atomic E-state index is 5.39. The Bertz CT molecular complexity index is 377. The molecule has 2 rings (SSSR count). The molecule has 2 N–H and O–H groups in total. The molecule has 2 saturated heterocycles. The number of ether oxygens (including phenoxy) is 1.